The summed E-state index contributed by atoms with van der Waals surface area (Å²) in [6, 6.07) is 7.48. The fourth-order valence-electron chi connectivity index (χ4n) is 1.61. The van der Waals surface area contributed by atoms with Crippen LogP contribution < -0.4 is 5.32 Å². The molecule has 88 valence electrons. The number of aryl methyl sites for hydroxylation is 1. The summed E-state index contributed by atoms with van der Waals surface area (Å²) in [5, 5.41) is 3.25. The third-order valence-corrected chi connectivity index (χ3v) is 2.51. The minimum absolute atomic E-state index is 0.0750. The molecule has 0 aliphatic carbocycles. The largest absolute Gasteiger partial charge is 0.379 e. The molecule has 1 aromatic carbocycles. The summed E-state index contributed by atoms with van der Waals surface area (Å²) in [6.45, 7) is 4.15. The third-order valence-electron chi connectivity index (χ3n) is 2.51. The molecule has 0 bridgehead atoms. The van der Waals surface area contributed by atoms with Gasteiger partial charge < -0.3 is 10.3 Å². The number of rotatable bonds is 4. The minimum Gasteiger partial charge on any atom is -0.379 e. The molecule has 0 spiro atoms. The van der Waals surface area contributed by atoms with Crippen LogP contribution in [0.25, 0.3) is 0 Å². The van der Waals surface area contributed by atoms with E-state index in [4.69, 9.17) is 0 Å². The number of hydrogen-bond acceptors (Lipinski definition) is 3. The Morgan fingerprint density at radius 2 is 2.29 bits per heavy atom. The molecule has 1 heterocycles. The molecular formula is C13H15N3O. The quantitative estimate of drug-likeness (QED) is 0.792. The van der Waals surface area contributed by atoms with Crippen LogP contribution >= 0.6 is 0 Å². The van der Waals surface area contributed by atoms with Gasteiger partial charge in [-0.2, -0.15) is 0 Å². The fourth-order valence-corrected chi connectivity index (χ4v) is 1.61. The highest BCUT2D eigenvalue weighted by Crippen LogP contribution is 2.12. The van der Waals surface area contributed by atoms with E-state index in [0.717, 1.165) is 22.8 Å². The number of nitrogens with zero attached hydrogens (tertiary/aromatic N) is 1. The van der Waals surface area contributed by atoms with Crippen molar-refractivity contribution in [2.45, 2.75) is 20.4 Å². The number of ketones is 1. The van der Waals surface area contributed by atoms with Gasteiger partial charge in [-0.25, -0.2) is 4.98 Å². The highest BCUT2D eigenvalue weighted by atomic mass is 16.1. The summed E-state index contributed by atoms with van der Waals surface area (Å²) in [7, 11) is 0. The lowest BCUT2D eigenvalue weighted by molar-refractivity contribution is 0.101. The van der Waals surface area contributed by atoms with Crippen molar-refractivity contribution in [1.29, 1.82) is 0 Å². The lowest BCUT2D eigenvalue weighted by atomic mass is 10.1. The van der Waals surface area contributed by atoms with Crippen molar-refractivity contribution in [1.82, 2.24) is 9.97 Å². The van der Waals surface area contributed by atoms with Crippen LogP contribution in [-0.4, -0.2) is 15.8 Å². The van der Waals surface area contributed by atoms with Crippen LogP contribution in [0.4, 0.5) is 5.69 Å². The Morgan fingerprint density at radius 3 is 2.94 bits per heavy atom. The van der Waals surface area contributed by atoms with Gasteiger partial charge in [0.25, 0.3) is 0 Å². The van der Waals surface area contributed by atoms with E-state index in [0.29, 0.717) is 6.54 Å². The lowest BCUT2D eigenvalue weighted by Gasteiger charge is -2.05. The molecule has 0 aliphatic rings. The molecule has 2 aromatic rings. The number of benzene rings is 1. The first-order chi connectivity index (χ1) is 8.15. The first kappa shape index (κ1) is 11.4. The molecule has 0 radical (unpaired) electrons. The van der Waals surface area contributed by atoms with Crippen LogP contribution in [-0.2, 0) is 6.54 Å². The van der Waals surface area contributed by atoms with E-state index in [1.807, 2.05) is 31.2 Å². The Kier molecular flexibility index (Phi) is 3.23. The van der Waals surface area contributed by atoms with Crippen molar-refractivity contribution in [3.05, 3.63) is 47.5 Å². The summed E-state index contributed by atoms with van der Waals surface area (Å²) in [4.78, 5) is 18.5. The van der Waals surface area contributed by atoms with Gasteiger partial charge in [0.05, 0.1) is 18.4 Å². The maximum atomic E-state index is 11.2. The highest BCUT2D eigenvalue weighted by Gasteiger charge is 2.01. The first-order valence-electron chi connectivity index (χ1n) is 5.50. The number of anilines is 1. The van der Waals surface area contributed by atoms with Crippen LogP contribution in [0.3, 0.4) is 0 Å². The average Bonchev–Trinajstić information content (AvgIpc) is 2.73. The number of nitrogens with one attached hydrogen (secondary N) is 2. The van der Waals surface area contributed by atoms with Gasteiger partial charge in [0.2, 0.25) is 0 Å². The number of aromatic nitrogens is 2. The molecule has 0 aliphatic heterocycles. The number of carbonyl (C=O) groups is 1. The standard InChI is InChI=1S/C13H15N3O/c1-9(17)11-4-3-5-12(6-11)15-8-13-7-14-10(2)16-13/h3-7,15H,8H2,1-2H3,(H,14,16). The second kappa shape index (κ2) is 4.82. The second-order valence-corrected chi connectivity index (χ2v) is 3.98. The van der Waals surface area contributed by atoms with Crippen LogP contribution in [0.1, 0.15) is 28.8 Å². The number of Topliss-reactive ketones (excluding diaryl/α,β-unsaturated/α-hetero) is 1. The van der Waals surface area contributed by atoms with Gasteiger partial charge in [-0.3, -0.25) is 4.79 Å². The number of H-pyrrole nitrogens is 1. The molecular weight excluding hydrogens is 214 g/mol. The van der Waals surface area contributed by atoms with E-state index in [9.17, 15) is 4.79 Å². The Bertz CT molecular complexity index is 531. The smallest absolute Gasteiger partial charge is 0.159 e. The maximum Gasteiger partial charge on any atom is 0.159 e. The molecule has 0 atom stereocenters. The number of imidazole rings is 1. The van der Waals surface area contributed by atoms with E-state index in [1.165, 1.54) is 0 Å². The molecule has 17 heavy (non-hydrogen) atoms. The van der Waals surface area contributed by atoms with Gasteiger partial charge in [-0.1, -0.05) is 12.1 Å². The molecule has 2 N–H and O–H groups in total. The molecule has 0 unspecified atom stereocenters. The van der Waals surface area contributed by atoms with Gasteiger partial charge in [0.1, 0.15) is 5.82 Å². The predicted molar refractivity (Wildman–Crippen MR) is 67.1 cm³/mol. The summed E-state index contributed by atoms with van der Waals surface area (Å²) < 4.78 is 0. The van der Waals surface area contributed by atoms with Gasteiger partial charge >= 0.3 is 0 Å². The Labute approximate surface area is 100 Å². The van der Waals surface area contributed by atoms with E-state index in [-0.39, 0.29) is 5.78 Å². The maximum absolute atomic E-state index is 11.2. The molecule has 1 aromatic heterocycles. The van der Waals surface area contributed by atoms with Crippen LogP contribution in [0.5, 0.6) is 0 Å². The van der Waals surface area contributed by atoms with Crippen molar-refractivity contribution in [2.75, 3.05) is 5.32 Å². The number of hydrogen-bond donors (Lipinski definition) is 2. The van der Waals surface area contributed by atoms with Gasteiger partial charge in [0.15, 0.2) is 5.78 Å². The third kappa shape index (κ3) is 2.93. The number of aromatic amines is 1. The van der Waals surface area contributed by atoms with E-state index < -0.39 is 0 Å². The summed E-state index contributed by atoms with van der Waals surface area (Å²) in [5.74, 6) is 0.977. The highest BCUT2D eigenvalue weighted by molar-refractivity contribution is 5.94. The molecule has 0 amide bonds. The Balaban J connectivity index is 2.04. The summed E-state index contributed by atoms with van der Waals surface area (Å²) in [5.41, 5.74) is 2.68. The van der Waals surface area contributed by atoms with E-state index in [1.54, 1.807) is 13.1 Å². The molecule has 4 heteroatoms. The second-order valence-electron chi connectivity index (χ2n) is 3.98. The lowest BCUT2D eigenvalue weighted by Crippen LogP contribution is -2.01. The van der Waals surface area contributed by atoms with Gasteiger partial charge in [-0.15, -0.1) is 0 Å². The van der Waals surface area contributed by atoms with Crippen LogP contribution in [0.2, 0.25) is 0 Å². The normalized spacial score (nSPS) is 10.2. The zero-order valence-corrected chi connectivity index (χ0v) is 9.95. The number of carbonyl (C=O) groups excluding carboxylic acids is 1. The zero-order chi connectivity index (χ0) is 12.3. The SMILES string of the molecule is CC(=O)c1cccc(NCc2cnc(C)[nH]2)c1. The molecule has 0 fully saturated rings. The van der Waals surface area contributed by atoms with Crippen molar-refractivity contribution in [2.24, 2.45) is 0 Å². The van der Waals surface area contributed by atoms with Crippen LogP contribution in [0, 0.1) is 6.92 Å². The topological polar surface area (TPSA) is 57.8 Å². The summed E-state index contributed by atoms with van der Waals surface area (Å²) in [6.07, 6.45) is 1.80. The minimum atomic E-state index is 0.0750. The predicted octanol–water partition coefficient (Wildman–Crippen LogP) is 2.53. The van der Waals surface area contributed by atoms with Gasteiger partial charge in [0, 0.05) is 11.3 Å². The summed E-state index contributed by atoms with van der Waals surface area (Å²) >= 11 is 0. The Morgan fingerprint density at radius 1 is 1.47 bits per heavy atom. The zero-order valence-electron chi connectivity index (χ0n) is 9.95. The molecule has 0 saturated carbocycles. The van der Waals surface area contributed by atoms with E-state index in [2.05, 4.69) is 15.3 Å². The van der Waals surface area contributed by atoms with Crippen molar-refractivity contribution in [3.63, 3.8) is 0 Å². The molecule has 2 rings (SSSR count). The monoisotopic (exact) mass is 229 g/mol. The van der Waals surface area contributed by atoms with E-state index >= 15 is 0 Å². The van der Waals surface area contributed by atoms with Crippen molar-refractivity contribution < 1.29 is 4.79 Å². The van der Waals surface area contributed by atoms with Gasteiger partial charge in [-0.05, 0) is 26.0 Å². The fraction of sp³-hybridized carbons (Fsp3) is 0.231. The average molecular weight is 229 g/mol. The molecule has 0 saturated heterocycles. The Hall–Kier alpha value is -2.10. The molecule has 4 nitrogen and oxygen atoms in total. The van der Waals surface area contributed by atoms with Crippen molar-refractivity contribution >= 4 is 11.5 Å². The van der Waals surface area contributed by atoms with Crippen LogP contribution in [0.15, 0.2) is 30.5 Å². The van der Waals surface area contributed by atoms with Crippen molar-refractivity contribution in [3.8, 4) is 0 Å². The first-order valence-corrected chi connectivity index (χ1v) is 5.50.